The lowest BCUT2D eigenvalue weighted by Gasteiger charge is -2.17. The van der Waals surface area contributed by atoms with Gasteiger partial charge in [-0.1, -0.05) is 30.3 Å². The molecule has 2 aromatic rings. The standard InChI is InChI=1S/C21H25FN2O2/c22-19-6-8-20(9-7-19)26-15-12-18-11-14-24(16-18)21(25)23-13-10-17-4-2-1-3-5-17/h1-9,18H,10-16H2,(H,23,25). The molecule has 4 nitrogen and oxygen atoms in total. The summed E-state index contributed by atoms with van der Waals surface area (Å²) in [5.41, 5.74) is 1.23. The molecule has 0 aromatic heterocycles. The number of rotatable bonds is 7. The Kier molecular flexibility index (Phi) is 6.47. The Morgan fingerprint density at radius 3 is 2.69 bits per heavy atom. The maximum absolute atomic E-state index is 12.9. The Morgan fingerprint density at radius 1 is 1.15 bits per heavy atom. The fourth-order valence-corrected chi connectivity index (χ4v) is 3.20. The van der Waals surface area contributed by atoms with Gasteiger partial charge in [0, 0.05) is 19.6 Å². The van der Waals surface area contributed by atoms with E-state index in [2.05, 4.69) is 17.4 Å². The third-order valence-electron chi connectivity index (χ3n) is 4.71. The van der Waals surface area contributed by atoms with Crippen molar-refractivity contribution in [2.45, 2.75) is 19.3 Å². The normalized spacial score (nSPS) is 16.5. The maximum Gasteiger partial charge on any atom is 0.317 e. The summed E-state index contributed by atoms with van der Waals surface area (Å²) < 4.78 is 18.5. The summed E-state index contributed by atoms with van der Waals surface area (Å²) in [6.07, 6.45) is 2.74. The molecular weight excluding hydrogens is 331 g/mol. The zero-order valence-electron chi connectivity index (χ0n) is 14.9. The molecule has 26 heavy (non-hydrogen) atoms. The lowest BCUT2D eigenvalue weighted by molar-refractivity contribution is 0.205. The Bertz CT molecular complexity index is 691. The maximum atomic E-state index is 12.9. The first-order valence-corrected chi connectivity index (χ1v) is 9.16. The molecular formula is C21H25FN2O2. The number of hydrogen-bond donors (Lipinski definition) is 1. The van der Waals surface area contributed by atoms with Gasteiger partial charge in [0.15, 0.2) is 0 Å². The number of hydrogen-bond acceptors (Lipinski definition) is 2. The number of halogens is 1. The van der Waals surface area contributed by atoms with Gasteiger partial charge in [-0.2, -0.15) is 0 Å². The summed E-state index contributed by atoms with van der Waals surface area (Å²) in [6.45, 7) is 2.79. The molecule has 1 fully saturated rings. The highest BCUT2D eigenvalue weighted by Gasteiger charge is 2.25. The average Bonchev–Trinajstić information content (AvgIpc) is 3.13. The molecule has 0 saturated carbocycles. The van der Waals surface area contributed by atoms with Crippen LogP contribution in [-0.4, -0.2) is 37.2 Å². The van der Waals surface area contributed by atoms with E-state index in [-0.39, 0.29) is 11.8 Å². The summed E-state index contributed by atoms with van der Waals surface area (Å²) in [7, 11) is 0. The Hall–Kier alpha value is -2.56. The van der Waals surface area contributed by atoms with Gasteiger partial charge >= 0.3 is 6.03 Å². The summed E-state index contributed by atoms with van der Waals surface area (Å²) >= 11 is 0. The van der Waals surface area contributed by atoms with Crippen LogP contribution >= 0.6 is 0 Å². The summed E-state index contributed by atoms with van der Waals surface area (Å²) in [6, 6.07) is 16.2. The van der Waals surface area contributed by atoms with Crippen LogP contribution in [0.3, 0.4) is 0 Å². The van der Waals surface area contributed by atoms with Crippen LogP contribution in [0.15, 0.2) is 54.6 Å². The van der Waals surface area contributed by atoms with E-state index in [4.69, 9.17) is 4.74 Å². The zero-order valence-corrected chi connectivity index (χ0v) is 14.9. The number of likely N-dealkylation sites (tertiary alicyclic amines) is 1. The molecule has 1 aliphatic heterocycles. The number of urea groups is 1. The first-order valence-electron chi connectivity index (χ1n) is 9.16. The predicted molar refractivity (Wildman–Crippen MR) is 99.7 cm³/mol. The van der Waals surface area contributed by atoms with Gasteiger partial charge in [-0.05, 0) is 55.0 Å². The van der Waals surface area contributed by atoms with Gasteiger partial charge in [0.25, 0.3) is 0 Å². The minimum Gasteiger partial charge on any atom is -0.494 e. The molecule has 3 rings (SSSR count). The highest BCUT2D eigenvalue weighted by atomic mass is 19.1. The number of benzene rings is 2. The van der Waals surface area contributed by atoms with Crippen molar-refractivity contribution in [1.82, 2.24) is 10.2 Å². The highest BCUT2D eigenvalue weighted by molar-refractivity contribution is 5.74. The second-order valence-electron chi connectivity index (χ2n) is 6.66. The van der Waals surface area contributed by atoms with Crippen molar-refractivity contribution in [2.75, 3.05) is 26.2 Å². The predicted octanol–water partition coefficient (Wildman–Crippen LogP) is 3.87. The van der Waals surface area contributed by atoms with E-state index in [1.165, 1.54) is 17.7 Å². The van der Waals surface area contributed by atoms with Gasteiger partial charge in [0.2, 0.25) is 0 Å². The Labute approximate surface area is 154 Å². The van der Waals surface area contributed by atoms with Crippen LogP contribution in [0, 0.1) is 11.7 Å². The van der Waals surface area contributed by atoms with Gasteiger partial charge in [-0.25, -0.2) is 9.18 Å². The van der Waals surface area contributed by atoms with E-state index in [9.17, 15) is 9.18 Å². The third-order valence-corrected chi connectivity index (χ3v) is 4.71. The van der Waals surface area contributed by atoms with Crippen molar-refractivity contribution in [3.63, 3.8) is 0 Å². The Balaban J connectivity index is 1.32. The van der Waals surface area contributed by atoms with E-state index in [1.807, 2.05) is 23.1 Å². The van der Waals surface area contributed by atoms with Gasteiger partial charge < -0.3 is 15.0 Å². The zero-order chi connectivity index (χ0) is 18.2. The largest absolute Gasteiger partial charge is 0.494 e. The van der Waals surface area contributed by atoms with E-state index in [0.717, 1.165) is 32.4 Å². The van der Waals surface area contributed by atoms with Crippen LogP contribution in [-0.2, 0) is 6.42 Å². The first-order chi connectivity index (χ1) is 12.7. The van der Waals surface area contributed by atoms with Crippen molar-refractivity contribution in [3.05, 3.63) is 66.0 Å². The summed E-state index contributed by atoms with van der Waals surface area (Å²) in [5.74, 6) is 0.872. The van der Waals surface area contributed by atoms with Crippen LogP contribution in [0.4, 0.5) is 9.18 Å². The van der Waals surface area contributed by atoms with Crippen molar-refractivity contribution in [3.8, 4) is 5.75 Å². The molecule has 2 amide bonds. The molecule has 0 aliphatic carbocycles. The molecule has 2 aromatic carbocycles. The molecule has 0 spiro atoms. The minimum absolute atomic E-state index is 0.0166. The van der Waals surface area contributed by atoms with Crippen LogP contribution in [0.2, 0.25) is 0 Å². The molecule has 1 saturated heterocycles. The van der Waals surface area contributed by atoms with Gasteiger partial charge in [0.05, 0.1) is 6.61 Å². The smallest absolute Gasteiger partial charge is 0.317 e. The van der Waals surface area contributed by atoms with E-state index >= 15 is 0 Å². The molecule has 1 N–H and O–H groups in total. The molecule has 1 aliphatic rings. The number of carbonyl (C=O) groups is 1. The second-order valence-corrected chi connectivity index (χ2v) is 6.66. The molecule has 1 heterocycles. The number of carbonyl (C=O) groups excluding carboxylic acids is 1. The number of nitrogens with zero attached hydrogens (tertiary/aromatic N) is 1. The first kappa shape index (κ1) is 18.2. The van der Waals surface area contributed by atoms with E-state index in [1.54, 1.807) is 12.1 Å². The highest BCUT2D eigenvalue weighted by Crippen LogP contribution is 2.20. The minimum atomic E-state index is -0.262. The van der Waals surface area contributed by atoms with E-state index in [0.29, 0.717) is 24.8 Å². The SMILES string of the molecule is O=C(NCCc1ccccc1)N1CCC(CCOc2ccc(F)cc2)C1. The fourth-order valence-electron chi connectivity index (χ4n) is 3.20. The Morgan fingerprint density at radius 2 is 1.92 bits per heavy atom. The number of nitrogens with one attached hydrogen (secondary N) is 1. The second kappa shape index (κ2) is 9.22. The van der Waals surface area contributed by atoms with Crippen LogP contribution in [0.5, 0.6) is 5.75 Å². The van der Waals surface area contributed by atoms with Crippen LogP contribution < -0.4 is 10.1 Å². The number of ether oxygens (including phenoxy) is 1. The topological polar surface area (TPSA) is 41.6 Å². The van der Waals surface area contributed by atoms with Gasteiger partial charge in [-0.3, -0.25) is 0 Å². The van der Waals surface area contributed by atoms with Crippen molar-refractivity contribution >= 4 is 6.03 Å². The molecule has 1 atom stereocenters. The number of amides is 2. The van der Waals surface area contributed by atoms with Gasteiger partial charge in [-0.15, -0.1) is 0 Å². The quantitative estimate of drug-likeness (QED) is 0.818. The third kappa shape index (κ3) is 5.48. The van der Waals surface area contributed by atoms with Crippen LogP contribution in [0.25, 0.3) is 0 Å². The van der Waals surface area contributed by atoms with Crippen molar-refractivity contribution in [2.24, 2.45) is 5.92 Å². The summed E-state index contributed by atoms with van der Waals surface area (Å²) in [5, 5.41) is 3.00. The lowest BCUT2D eigenvalue weighted by atomic mass is 10.1. The molecule has 0 radical (unpaired) electrons. The monoisotopic (exact) mass is 356 g/mol. The molecule has 5 heteroatoms. The fraction of sp³-hybridized carbons (Fsp3) is 0.381. The van der Waals surface area contributed by atoms with Gasteiger partial charge in [0.1, 0.15) is 11.6 Å². The van der Waals surface area contributed by atoms with Crippen molar-refractivity contribution in [1.29, 1.82) is 0 Å². The van der Waals surface area contributed by atoms with Crippen LogP contribution in [0.1, 0.15) is 18.4 Å². The van der Waals surface area contributed by atoms with Crippen molar-refractivity contribution < 1.29 is 13.9 Å². The average molecular weight is 356 g/mol. The lowest BCUT2D eigenvalue weighted by Crippen LogP contribution is -2.39. The molecule has 1 unspecified atom stereocenters. The molecule has 0 bridgehead atoms. The molecule has 138 valence electrons. The van der Waals surface area contributed by atoms with E-state index < -0.39 is 0 Å². The summed E-state index contributed by atoms with van der Waals surface area (Å²) in [4.78, 5) is 14.1.